The largest absolute Gasteiger partial charge is 0.369 e. The molecule has 21 heavy (non-hydrogen) atoms. The quantitative estimate of drug-likeness (QED) is 0.370. The molecule has 4 N–H and O–H groups in total. The van der Waals surface area contributed by atoms with Gasteiger partial charge in [0.1, 0.15) is 0 Å². The summed E-state index contributed by atoms with van der Waals surface area (Å²) in [6.45, 7) is 9.21. The van der Waals surface area contributed by atoms with Gasteiger partial charge in [0.2, 0.25) is 5.91 Å². The molecule has 5 nitrogen and oxygen atoms in total. The van der Waals surface area contributed by atoms with Gasteiger partial charge in [0.05, 0.1) is 12.0 Å². The van der Waals surface area contributed by atoms with Gasteiger partial charge < -0.3 is 16.4 Å². The van der Waals surface area contributed by atoms with Crippen LogP contribution >= 0.6 is 24.0 Å². The number of hydrogen-bond acceptors (Lipinski definition) is 2. The fraction of sp³-hybridized carbons (Fsp3) is 0.867. The van der Waals surface area contributed by atoms with Crippen molar-refractivity contribution in [2.75, 3.05) is 13.1 Å². The first-order valence-corrected chi connectivity index (χ1v) is 7.70. The lowest BCUT2D eigenvalue weighted by Crippen LogP contribution is -2.45. The second-order valence-corrected chi connectivity index (χ2v) is 6.54. The van der Waals surface area contributed by atoms with Crippen molar-refractivity contribution < 1.29 is 4.79 Å². The molecule has 0 saturated heterocycles. The van der Waals surface area contributed by atoms with Crippen LogP contribution in [0.5, 0.6) is 0 Å². The molecule has 1 saturated carbocycles. The summed E-state index contributed by atoms with van der Waals surface area (Å²) in [5.74, 6) is 1.31. The van der Waals surface area contributed by atoms with E-state index >= 15 is 0 Å². The van der Waals surface area contributed by atoms with Crippen molar-refractivity contribution in [1.29, 1.82) is 0 Å². The summed E-state index contributed by atoms with van der Waals surface area (Å²) in [7, 11) is 0. The zero-order valence-corrected chi connectivity index (χ0v) is 16.1. The van der Waals surface area contributed by atoms with Crippen LogP contribution in [0.2, 0.25) is 0 Å². The Balaban J connectivity index is 0.00000400. The minimum atomic E-state index is -0.608. The van der Waals surface area contributed by atoms with E-state index in [1.165, 1.54) is 25.7 Å². The average molecular weight is 410 g/mol. The number of carbonyl (C=O) groups is 1. The molecule has 0 bridgehead atoms. The van der Waals surface area contributed by atoms with Gasteiger partial charge in [-0.25, -0.2) is 0 Å². The van der Waals surface area contributed by atoms with E-state index < -0.39 is 5.41 Å². The van der Waals surface area contributed by atoms with Gasteiger partial charge in [0, 0.05) is 12.6 Å². The molecule has 0 aromatic carbocycles. The molecule has 6 heteroatoms. The molecule has 0 radical (unpaired) electrons. The Hall–Kier alpha value is -0.530. The van der Waals surface area contributed by atoms with Crippen LogP contribution in [0, 0.1) is 11.3 Å². The molecule has 0 aliphatic heterocycles. The fourth-order valence-electron chi connectivity index (χ4n) is 2.27. The summed E-state index contributed by atoms with van der Waals surface area (Å²) in [6, 6.07) is 0.487. The third kappa shape index (κ3) is 7.33. The topological polar surface area (TPSA) is 79.5 Å². The van der Waals surface area contributed by atoms with Crippen molar-refractivity contribution in [2.45, 2.75) is 59.4 Å². The lowest BCUT2D eigenvalue weighted by Gasteiger charge is -2.28. The van der Waals surface area contributed by atoms with Crippen LogP contribution in [-0.2, 0) is 4.79 Å². The number of nitrogens with one attached hydrogen (secondary N) is 2. The van der Waals surface area contributed by atoms with Crippen LogP contribution in [0.25, 0.3) is 0 Å². The van der Waals surface area contributed by atoms with E-state index in [4.69, 9.17) is 5.73 Å². The monoisotopic (exact) mass is 410 g/mol. The number of rotatable bonds is 5. The van der Waals surface area contributed by atoms with Crippen molar-refractivity contribution in [1.82, 2.24) is 10.6 Å². The van der Waals surface area contributed by atoms with Gasteiger partial charge in [-0.05, 0) is 52.4 Å². The predicted molar refractivity (Wildman–Crippen MR) is 98.9 cm³/mol. The maximum atomic E-state index is 11.3. The molecular formula is C15H31IN4O. The number of carbonyl (C=O) groups excluding carboxylic acids is 1. The van der Waals surface area contributed by atoms with E-state index in [1.807, 2.05) is 20.8 Å². The molecular weight excluding hydrogens is 379 g/mol. The number of primary amides is 1. The third-order valence-corrected chi connectivity index (χ3v) is 4.00. The molecule has 1 aliphatic carbocycles. The minimum Gasteiger partial charge on any atom is -0.369 e. The maximum Gasteiger partial charge on any atom is 0.224 e. The zero-order chi connectivity index (χ0) is 15.2. The summed E-state index contributed by atoms with van der Waals surface area (Å²) in [6.07, 6.45) is 4.91. The highest BCUT2D eigenvalue weighted by atomic mass is 127. The summed E-state index contributed by atoms with van der Waals surface area (Å²) in [4.78, 5) is 15.8. The first kappa shape index (κ1) is 20.5. The Labute approximate surface area is 145 Å². The number of nitrogens with zero attached hydrogens (tertiary/aromatic N) is 1. The normalized spacial score (nSPS) is 23.1. The Kier molecular flexibility index (Phi) is 9.24. The Morgan fingerprint density at radius 2 is 1.86 bits per heavy atom. The van der Waals surface area contributed by atoms with Gasteiger partial charge >= 0.3 is 0 Å². The van der Waals surface area contributed by atoms with Gasteiger partial charge in [-0.2, -0.15) is 0 Å². The van der Waals surface area contributed by atoms with Crippen LogP contribution in [0.4, 0.5) is 0 Å². The van der Waals surface area contributed by atoms with Crippen LogP contribution < -0.4 is 16.4 Å². The van der Waals surface area contributed by atoms with Gasteiger partial charge in [-0.3, -0.25) is 9.79 Å². The standard InChI is InChI=1S/C15H30N4O.HI/c1-5-17-14(18-10-15(3,4)13(16)20)19-12-8-6-11(2)7-9-12;/h11-12H,5-10H2,1-4H3,(H2,16,20)(H2,17,18,19);1H. The molecule has 0 aromatic heterocycles. The average Bonchev–Trinajstić information content (AvgIpc) is 2.39. The fourth-order valence-corrected chi connectivity index (χ4v) is 2.27. The summed E-state index contributed by atoms with van der Waals surface area (Å²) in [5, 5.41) is 6.72. The van der Waals surface area contributed by atoms with Crippen molar-refractivity contribution in [3.63, 3.8) is 0 Å². The second-order valence-electron chi connectivity index (χ2n) is 6.54. The van der Waals surface area contributed by atoms with Crippen molar-refractivity contribution in [3.05, 3.63) is 0 Å². The highest BCUT2D eigenvalue weighted by molar-refractivity contribution is 14.0. The first-order chi connectivity index (χ1) is 9.35. The van der Waals surface area contributed by atoms with E-state index in [0.717, 1.165) is 18.4 Å². The van der Waals surface area contributed by atoms with Crippen molar-refractivity contribution in [3.8, 4) is 0 Å². The third-order valence-electron chi connectivity index (χ3n) is 4.00. The smallest absolute Gasteiger partial charge is 0.224 e. The van der Waals surface area contributed by atoms with Gasteiger partial charge in [0.15, 0.2) is 5.96 Å². The van der Waals surface area contributed by atoms with Crippen LogP contribution in [0.3, 0.4) is 0 Å². The Bertz CT molecular complexity index is 350. The molecule has 1 aliphatic rings. The lowest BCUT2D eigenvalue weighted by atomic mass is 9.87. The number of halogens is 1. The van der Waals surface area contributed by atoms with E-state index in [1.54, 1.807) is 0 Å². The molecule has 1 amide bonds. The molecule has 124 valence electrons. The van der Waals surface area contributed by atoms with Gasteiger partial charge in [-0.15, -0.1) is 24.0 Å². The van der Waals surface area contributed by atoms with E-state index in [9.17, 15) is 4.79 Å². The number of hydrogen-bond donors (Lipinski definition) is 3. The molecule has 1 fully saturated rings. The lowest BCUT2D eigenvalue weighted by molar-refractivity contribution is -0.125. The summed E-state index contributed by atoms with van der Waals surface area (Å²) >= 11 is 0. The SMILES string of the molecule is CCNC(=NCC(C)(C)C(N)=O)NC1CCC(C)CC1.I. The highest BCUT2D eigenvalue weighted by Gasteiger charge is 2.25. The number of aliphatic imine (C=N–C) groups is 1. The second kappa shape index (κ2) is 9.48. The summed E-state index contributed by atoms with van der Waals surface area (Å²) in [5.41, 5.74) is 4.77. The van der Waals surface area contributed by atoms with Crippen LogP contribution in [0.1, 0.15) is 53.4 Å². The molecule has 0 heterocycles. The molecule has 0 atom stereocenters. The molecule has 0 unspecified atom stereocenters. The van der Waals surface area contributed by atoms with Gasteiger partial charge in [-0.1, -0.05) is 6.92 Å². The van der Waals surface area contributed by atoms with Crippen molar-refractivity contribution >= 4 is 35.8 Å². The zero-order valence-electron chi connectivity index (χ0n) is 13.7. The Morgan fingerprint density at radius 1 is 1.29 bits per heavy atom. The first-order valence-electron chi connectivity index (χ1n) is 7.70. The Morgan fingerprint density at radius 3 is 2.33 bits per heavy atom. The molecule has 1 rings (SSSR count). The van der Waals surface area contributed by atoms with Crippen molar-refractivity contribution in [2.24, 2.45) is 22.1 Å². The number of amides is 1. The maximum absolute atomic E-state index is 11.3. The molecule has 0 aromatic rings. The number of guanidine groups is 1. The minimum absolute atomic E-state index is 0. The van der Waals surface area contributed by atoms with E-state index in [2.05, 4.69) is 22.5 Å². The summed E-state index contributed by atoms with van der Waals surface area (Å²) < 4.78 is 0. The van der Waals surface area contributed by atoms with Gasteiger partial charge in [0.25, 0.3) is 0 Å². The van der Waals surface area contributed by atoms with E-state index in [0.29, 0.717) is 12.6 Å². The van der Waals surface area contributed by atoms with E-state index in [-0.39, 0.29) is 29.9 Å². The number of nitrogens with two attached hydrogens (primary N) is 1. The van der Waals surface area contributed by atoms with Crippen LogP contribution in [0.15, 0.2) is 4.99 Å². The highest BCUT2D eigenvalue weighted by Crippen LogP contribution is 2.23. The molecule has 0 spiro atoms. The van der Waals surface area contributed by atoms with Crippen LogP contribution in [-0.4, -0.2) is 31.0 Å². The predicted octanol–water partition coefficient (Wildman–Crippen LogP) is 2.25.